The second-order valence-corrected chi connectivity index (χ2v) is 5.81. The quantitative estimate of drug-likeness (QED) is 0.366. The summed E-state index contributed by atoms with van der Waals surface area (Å²) in [6, 6.07) is 0.990. The Morgan fingerprint density at radius 1 is 1.36 bits per heavy atom. The van der Waals surface area contributed by atoms with Crippen LogP contribution in [-0.2, 0) is 0 Å². The summed E-state index contributed by atoms with van der Waals surface area (Å²) in [4.78, 5) is 18.7. The first-order chi connectivity index (χ1) is 5.12. The van der Waals surface area contributed by atoms with Crippen molar-refractivity contribution in [2.45, 2.75) is 38.3 Å². The van der Waals surface area contributed by atoms with Crippen molar-refractivity contribution in [3.63, 3.8) is 0 Å². The largest absolute Gasteiger partial charge is 0.410 e. The number of hydrogen-bond donors (Lipinski definition) is 2. The van der Waals surface area contributed by atoms with E-state index in [2.05, 4.69) is 13.5 Å². The van der Waals surface area contributed by atoms with E-state index in [-0.39, 0.29) is 0 Å². The Hall–Kier alpha value is -0.123. The van der Waals surface area contributed by atoms with Crippen LogP contribution in [0.15, 0.2) is 12.7 Å². The molecule has 0 aromatic carbocycles. The van der Waals surface area contributed by atoms with E-state index in [1.54, 1.807) is 6.08 Å². The van der Waals surface area contributed by atoms with Gasteiger partial charge in [0.25, 0.3) is 0 Å². The summed E-state index contributed by atoms with van der Waals surface area (Å²) in [6.45, 7) is 5.59. The first-order valence-electron chi connectivity index (χ1n) is 4.18. The van der Waals surface area contributed by atoms with Crippen molar-refractivity contribution >= 4 is 8.56 Å². The topological polar surface area (TPSA) is 40.5 Å². The molecule has 0 radical (unpaired) electrons. The Labute approximate surface area is 69.8 Å². The smallest absolute Gasteiger partial charge is 0.336 e. The minimum atomic E-state index is -2.86. The Bertz CT molecular complexity index is 113. The van der Waals surface area contributed by atoms with E-state index >= 15 is 0 Å². The monoisotopic (exact) mass is 174 g/mol. The van der Waals surface area contributed by atoms with Crippen molar-refractivity contribution < 1.29 is 9.59 Å². The highest BCUT2D eigenvalue weighted by molar-refractivity contribution is 6.65. The summed E-state index contributed by atoms with van der Waals surface area (Å²) in [6.07, 6.45) is 4.74. The third-order valence-electron chi connectivity index (χ3n) is 1.65. The van der Waals surface area contributed by atoms with Crippen LogP contribution in [-0.4, -0.2) is 18.2 Å². The van der Waals surface area contributed by atoms with Gasteiger partial charge in [-0.2, -0.15) is 0 Å². The third-order valence-corrected chi connectivity index (χ3v) is 3.75. The predicted molar refractivity (Wildman–Crippen MR) is 49.5 cm³/mol. The molecule has 0 atom stereocenters. The molecule has 0 unspecified atom stereocenters. The van der Waals surface area contributed by atoms with Gasteiger partial charge in [-0.25, -0.2) is 0 Å². The highest BCUT2D eigenvalue weighted by Crippen LogP contribution is 2.13. The normalized spacial score (nSPS) is 11.5. The minimum Gasteiger partial charge on any atom is -0.410 e. The van der Waals surface area contributed by atoms with Crippen molar-refractivity contribution in [2.75, 3.05) is 0 Å². The van der Waals surface area contributed by atoms with Gasteiger partial charge in [0.05, 0.1) is 0 Å². The van der Waals surface area contributed by atoms with Crippen LogP contribution in [0.1, 0.15) is 26.2 Å². The van der Waals surface area contributed by atoms with E-state index in [0.29, 0.717) is 12.1 Å². The van der Waals surface area contributed by atoms with E-state index in [1.807, 2.05) is 0 Å². The van der Waals surface area contributed by atoms with Gasteiger partial charge in [0, 0.05) is 6.04 Å². The second kappa shape index (κ2) is 5.52. The molecule has 0 aliphatic heterocycles. The van der Waals surface area contributed by atoms with Gasteiger partial charge in [-0.1, -0.05) is 32.3 Å². The molecule has 0 spiro atoms. The summed E-state index contributed by atoms with van der Waals surface area (Å²) in [5.41, 5.74) is 0. The van der Waals surface area contributed by atoms with Crippen LogP contribution >= 0.6 is 0 Å². The zero-order valence-corrected chi connectivity index (χ0v) is 8.21. The molecule has 0 heterocycles. The van der Waals surface area contributed by atoms with E-state index in [4.69, 9.17) is 0 Å². The van der Waals surface area contributed by atoms with Crippen LogP contribution in [0.3, 0.4) is 0 Å². The Kier molecular flexibility index (Phi) is 5.46. The van der Waals surface area contributed by atoms with Crippen molar-refractivity contribution in [2.24, 2.45) is 0 Å². The van der Waals surface area contributed by atoms with E-state index in [9.17, 15) is 9.59 Å². The van der Waals surface area contributed by atoms with Crippen LogP contribution in [0.25, 0.3) is 0 Å². The maximum Gasteiger partial charge on any atom is 0.336 e. The summed E-state index contributed by atoms with van der Waals surface area (Å²) in [7, 11) is -2.86. The highest BCUT2D eigenvalue weighted by Gasteiger charge is 2.25. The van der Waals surface area contributed by atoms with Gasteiger partial charge in [-0.05, 0) is 6.04 Å². The molecule has 0 aliphatic carbocycles. The average molecular weight is 174 g/mol. The maximum atomic E-state index is 9.36. The van der Waals surface area contributed by atoms with E-state index in [1.165, 1.54) is 0 Å². The molecular formula is C8H18O2Si. The van der Waals surface area contributed by atoms with Crippen molar-refractivity contribution in [3.8, 4) is 0 Å². The molecule has 0 saturated heterocycles. The van der Waals surface area contributed by atoms with Gasteiger partial charge in [0.15, 0.2) is 0 Å². The van der Waals surface area contributed by atoms with Crippen molar-refractivity contribution in [1.29, 1.82) is 0 Å². The highest BCUT2D eigenvalue weighted by atomic mass is 28.4. The number of hydrogen-bond acceptors (Lipinski definition) is 2. The molecule has 0 saturated carbocycles. The lowest BCUT2D eigenvalue weighted by atomic mass is 10.3. The summed E-state index contributed by atoms with van der Waals surface area (Å²) < 4.78 is 0. The molecule has 11 heavy (non-hydrogen) atoms. The fraction of sp³-hybridized carbons (Fsp3) is 0.750. The van der Waals surface area contributed by atoms with Gasteiger partial charge in [-0.15, -0.1) is 6.58 Å². The Balaban J connectivity index is 3.45. The molecule has 0 aliphatic rings. The lowest BCUT2D eigenvalue weighted by molar-refractivity contribution is 0.360. The zero-order valence-electron chi connectivity index (χ0n) is 7.21. The first kappa shape index (κ1) is 10.9. The SMILES string of the molecule is C=CC[Si](O)(O)CCCCC. The van der Waals surface area contributed by atoms with E-state index in [0.717, 1.165) is 19.3 Å². The fourth-order valence-corrected chi connectivity index (χ4v) is 2.47. The lowest BCUT2D eigenvalue weighted by Crippen LogP contribution is -2.33. The van der Waals surface area contributed by atoms with Crippen molar-refractivity contribution in [3.05, 3.63) is 12.7 Å². The third kappa shape index (κ3) is 6.28. The van der Waals surface area contributed by atoms with Gasteiger partial charge >= 0.3 is 8.56 Å². The maximum absolute atomic E-state index is 9.36. The van der Waals surface area contributed by atoms with Crippen LogP contribution in [0.5, 0.6) is 0 Å². The molecule has 0 rings (SSSR count). The molecule has 3 heteroatoms. The number of allylic oxidation sites excluding steroid dienone is 1. The number of rotatable bonds is 6. The van der Waals surface area contributed by atoms with Gasteiger partial charge in [0.1, 0.15) is 0 Å². The van der Waals surface area contributed by atoms with Gasteiger partial charge < -0.3 is 9.59 Å². The molecule has 2 N–H and O–H groups in total. The van der Waals surface area contributed by atoms with Crippen LogP contribution < -0.4 is 0 Å². The molecule has 0 fully saturated rings. The summed E-state index contributed by atoms with van der Waals surface area (Å²) in [5.74, 6) is 0. The average Bonchev–Trinajstić information content (AvgIpc) is 1.87. The van der Waals surface area contributed by atoms with E-state index < -0.39 is 8.56 Å². The first-order valence-corrected chi connectivity index (χ1v) is 6.49. The standard InChI is InChI=1S/C8H18O2Si/c1-3-5-6-8-11(9,10)7-4-2/h4,9-10H,2-3,5-8H2,1H3. The molecule has 0 amide bonds. The molecule has 66 valence electrons. The molecule has 0 aromatic heterocycles. The Morgan fingerprint density at radius 2 is 2.00 bits per heavy atom. The molecule has 0 aromatic rings. The van der Waals surface area contributed by atoms with Gasteiger partial charge in [0.2, 0.25) is 0 Å². The van der Waals surface area contributed by atoms with Crippen LogP contribution in [0.2, 0.25) is 12.1 Å². The molecular weight excluding hydrogens is 156 g/mol. The van der Waals surface area contributed by atoms with Crippen LogP contribution in [0.4, 0.5) is 0 Å². The Morgan fingerprint density at radius 3 is 2.45 bits per heavy atom. The molecule has 0 bridgehead atoms. The molecule has 2 nitrogen and oxygen atoms in total. The van der Waals surface area contributed by atoms with Crippen LogP contribution in [0, 0.1) is 0 Å². The zero-order chi connectivity index (χ0) is 8.74. The second-order valence-electron chi connectivity index (χ2n) is 2.93. The lowest BCUT2D eigenvalue weighted by Gasteiger charge is -2.14. The van der Waals surface area contributed by atoms with Crippen molar-refractivity contribution in [1.82, 2.24) is 0 Å². The fourth-order valence-electron chi connectivity index (χ4n) is 0.991. The predicted octanol–water partition coefficient (Wildman–Crippen LogP) is 1.79. The van der Waals surface area contributed by atoms with Gasteiger partial charge in [-0.3, -0.25) is 0 Å². The summed E-state index contributed by atoms with van der Waals surface area (Å²) >= 11 is 0. The number of unbranched alkanes of at least 4 members (excludes halogenated alkanes) is 2. The minimum absolute atomic E-state index is 0.400. The summed E-state index contributed by atoms with van der Waals surface area (Å²) in [5, 5.41) is 0.